The third-order valence-corrected chi connectivity index (χ3v) is 6.62. The van der Waals surface area contributed by atoms with E-state index in [2.05, 4.69) is 77.0 Å². The average molecular weight is 430 g/mol. The fourth-order valence-electron chi connectivity index (χ4n) is 4.00. The van der Waals surface area contributed by atoms with Crippen LogP contribution in [0.3, 0.4) is 0 Å². The van der Waals surface area contributed by atoms with Crippen LogP contribution in [0.4, 0.5) is 11.4 Å². The summed E-state index contributed by atoms with van der Waals surface area (Å²) in [4.78, 5) is 9.61. The van der Waals surface area contributed by atoms with Crippen LogP contribution in [0.2, 0.25) is 0 Å². The van der Waals surface area contributed by atoms with Gasteiger partial charge in [-0.15, -0.1) is 11.3 Å². The summed E-state index contributed by atoms with van der Waals surface area (Å²) in [6.07, 6.45) is 1.82. The zero-order valence-corrected chi connectivity index (χ0v) is 18.0. The number of hydrogen-bond donors (Lipinski definition) is 1. The molecule has 3 aromatic heterocycles. The summed E-state index contributed by atoms with van der Waals surface area (Å²) < 4.78 is 2.42. The molecule has 32 heavy (non-hydrogen) atoms. The maximum atomic E-state index is 5.12. The van der Waals surface area contributed by atoms with Crippen molar-refractivity contribution >= 4 is 43.0 Å². The normalized spacial score (nSPS) is 11.1. The molecule has 0 spiro atoms. The average Bonchev–Trinajstić information content (AvgIpc) is 3.24. The van der Waals surface area contributed by atoms with Gasteiger partial charge in [-0.3, -0.25) is 4.98 Å². The number of hydrogen-bond acceptors (Lipinski definition) is 4. The van der Waals surface area contributed by atoms with E-state index in [0.29, 0.717) is 0 Å². The van der Waals surface area contributed by atoms with Gasteiger partial charge in [-0.05, 0) is 54.6 Å². The summed E-state index contributed by atoms with van der Waals surface area (Å²) in [5.41, 5.74) is 7.28. The second kappa shape index (κ2) is 7.91. The van der Waals surface area contributed by atoms with Gasteiger partial charge >= 0.3 is 0 Å². The van der Waals surface area contributed by atoms with Crippen molar-refractivity contribution in [3.8, 4) is 22.5 Å². The highest BCUT2D eigenvalue weighted by atomic mass is 32.1. The Labute approximate surface area is 190 Å². The Balaban J connectivity index is 1.48. The molecule has 0 radical (unpaired) electrons. The van der Waals surface area contributed by atoms with E-state index in [0.717, 1.165) is 39.4 Å². The van der Waals surface area contributed by atoms with Gasteiger partial charge in [0.25, 0.3) is 0 Å². The molecule has 0 saturated carbocycles. The van der Waals surface area contributed by atoms with Crippen molar-refractivity contribution in [3.05, 3.63) is 109 Å². The second-order valence-electron chi connectivity index (χ2n) is 7.61. The van der Waals surface area contributed by atoms with Crippen molar-refractivity contribution in [2.24, 2.45) is 0 Å². The van der Waals surface area contributed by atoms with Crippen LogP contribution >= 0.6 is 11.3 Å². The molecule has 0 bridgehead atoms. The number of para-hydroxylation sites is 1. The molecule has 0 aliphatic rings. The zero-order chi connectivity index (χ0) is 21.3. The quantitative estimate of drug-likeness (QED) is 0.309. The Morgan fingerprint density at radius 2 is 1.44 bits per heavy atom. The minimum Gasteiger partial charge on any atom is -0.355 e. The number of thiophene rings is 1. The number of fused-ring (bicyclic) bond motifs is 3. The maximum absolute atomic E-state index is 5.12. The van der Waals surface area contributed by atoms with Gasteiger partial charge in [-0.1, -0.05) is 48.5 Å². The Morgan fingerprint density at radius 3 is 2.28 bits per heavy atom. The van der Waals surface area contributed by atoms with Gasteiger partial charge in [0, 0.05) is 38.8 Å². The van der Waals surface area contributed by atoms with E-state index >= 15 is 0 Å². The number of aromatic nitrogens is 2. The molecule has 152 valence electrons. The van der Waals surface area contributed by atoms with Crippen molar-refractivity contribution in [1.82, 2.24) is 9.97 Å². The van der Waals surface area contributed by atoms with E-state index in [1.807, 2.05) is 42.6 Å². The minimum absolute atomic E-state index is 0.962. The van der Waals surface area contributed by atoms with Crippen LogP contribution in [0.15, 0.2) is 109 Å². The van der Waals surface area contributed by atoms with Crippen LogP contribution < -0.4 is 5.32 Å². The first-order valence-electron chi connectivity index (χ1n) is 10.5. The number of nitrogens with one attached hydrogen (secondary N) is 1. The first kappa shape index (κ1) is 18.7. The minimum atomic E-state index is 0.962. The first-order valence-corrected chi connectivity index (χ1v) is 11.3. The number of nitrogens with zero attached hydrogens (tertiary/aromatic N) is 2. The van der Waals surface area contributed by atoms with Gasteiger partial charge in [0.05, 0.1) is 21.6 Å². The van der Waals surface area contributed by atoms with Crippen LogP contribution in [0.25, 0.3) is 42.8 Å². The lowest BCUT2D eigenvalue weighted by atomic mass is 10.0. The highest BCUT2D eigenvalue weighted by Crippen LogP contribution is 2.39. The van der Waals surface area contributed by atoms with Crippen molar-refractivity contribution in [2.75, 3.05) is 5.32 Å². The molecule has 0 aliphatic heterocycles. The van der Waals surface area contributed by atoms with Crippen molar-refractivity contribution < 1.29 is 0 Å². The number of benzene rings is 3. The third kappa shape index (κ3) is 3.41. The number of rotatable bonds is 4. The molecule has 3 aromatic carbocycles. The van der Waals surface area contributed by atoms with Crippen LogP contribution in [0.5, 0.6) is 0 Å². The molecule has 3 nitrogen and oxygen atoms in total. The largest absolute Gasteiger partial charge is 0.355 e. The molecule has 3 heterocycles. The van der Waals surface area contributed by atoms with Gasteiger partial charge in [-0.25, -0.2) is 4.98 Å². The molecule has 4 heteroatoms. The van der Waals surface area contributed by atoms with Gasteiger partial charge < -0.3 is 5.32 Å². The van der Waals surface area contributed by atoms with Crippen molar-refractivity contribution in [2.45, 2.75) is 0 Å². The van der Waals surface area contributed by atoms with E-state index in [9.17, 15) is 0 Å². The molecule has 0 aliphatic carbocycles. The van der Waals surface area contributed by atoms with E-state index in [4.69, 9.17) is 4.98 Å². The Kier molecular flexibility index (Phi) is 4.63. The summed E-state index contributed by atoms with van der Waals surface area (Å²) >= 11 is 1.78. The van der Waals surface area contributed by atoms with Gasteiger partial charge in [0.2, 0.25) is 0 Å². The summed E-state index contributed by atoms with van der Waals surface area (Å²) in [5.74, 6) is 0. The molecule has 6 aromatic rings. The van der Waals surface area contributed by atoms with Crippen LogP contribution in [-0.4, -0.2) is 9.97 Å². The highest BCUT2D eigenvalue weighted by molar-refractivity contribution is 7.25. The predicted octanol–water partition coefficient (Wildman–Crippen LogP) is 7.92. The smallest absolute Gasteiger partial charge is 0.0916 e. The van der Waals surface area contributed by atoms with E-state index in [1.165, 1.54) is 14.8 Å². The van der Waals surface area contributed by atoms with Gasteiger partial charge in [0.1, 0.15) is 0 Å². The zero-order valence-electron chi connectivity index (χ0n) is 17.2. The van der Waals surface area contributed by atoms with Crippen molar-refractivity contribution in [1.29, 1.82) is 0 Å². The molecule has 0 unspecified atom stereocenters. The third-order valence-electron chi connectivity index (χ3n) is 5.51. The first-order chi connectivity index (χ1) is 15.8. The van der Waals surface area contributed by atoms with Gasteiger partial charge in [0.15, 0.2) is 0 Å². The SMILES string of the molecule is c1ccc(Nc2cccc3sc4ccc(-c5cccc(-c6ccccn6)c5)nc4c23)cc1. The van der Waals surface area contributed by atoms with Crippen molar-refractivity contribution in [3.63, 3.8) is 0 Å². The summed E-state index contributed by atoms with van der Waals surface area (Å²) in [6, 6.07) is 35.4. The summed E-state index contributed by atoms with van der Waals surface area (Å²) in [5, 5.41) is 4.74. The van der Waals surface area contributed by atoms with Crippen LogP contribution in [0.1, 0.15) is 0 Å². The molecular formula is C28H19N3S. The molecule has 0 saturated heterocycles. The fraction of sp³-hybridized carbons (Fsp3) is 0. The molecule has 1 N–H and O–H groups in total. The fourth-order valence-corrected chi connectivity index (χ4v) is 5.07. The molecule has 6 rings (SSSR count). The van der Waals surface area contributed by atoms with E-state index in [1.54, 1.807) is 11.3 Å². The lowest BCUT2D eigenvalue weighted by Gasteiger charge is -2.09. The van der Waals surface area contributed by atoms with E-state index < -0.39 is 0 Å². The lowest BCUT2D eigenvalue weighted by Crippen LogP contribution is -1.91. The topological polar surface area (TPSA) is 37.8 Å². The second-order valence-corrected chi connectivity index (χ2v) is 8.69. The monoisotopic (exact) mass is 429 g/mol. The Hall–Kier alpha value is -4.02. The number of pyridine rings is 2. The van der Waals surface area contributed by atoms with Gasteiger partial charge in [-0.2, -0.15) is 0 Å². The Bertz CT molecular complexity index is 1540. The predicted molar refractivity (Wildman–Crippen MR) is 136 cm³/mol. The highest BCUT2D eigenvalue weighted by Gasteiger charge is 2.13. The summed E-state index contributed by atoms with van der Waals surface area (Å²) in [7, 11) is 0. The molecule has 0 amide bonds. The maximum Gasteiger partial charge on any atom is 0.0916 e. The molecular weight excluding hydrogens is 410 g/mol. The Morgan fingerprint density at radius 1 is 0.625 bits per heavy atom. The number of anilines is 2. The van der Waals surface area contributed by atoms with Crippen LogP contribution in [-0.2, 0) is 0 Å². The molecule has 0 atom stereocenters. The standard InChI is InChI=1S/C28H19N3S/c1-2-10-21(11-3-1)30-24-13-7-14-25-27(24)28-26(32-25)16-15-23(31-28)20-9-6-8-19(18-20)22-12-4-5-17-29-22/h1-18,30H. The van der Waals surface area contributed by atoms with E-state index in [-0.39, 0.29) is 0 Å². The molecule has 0 fully saturated rings. The lowest BCUT2D eigenvalue weighted by molar-refractivity contribution is 1.32. The van der Waals surface area contributed by atoms with Crippen LogP contribution in [0, 0.1) is 0 Å². The summed E-state index contributed by atoms with van der Waals surface area (Å²) in [6.45, 7) is 0.